The highest BCUT2D eigenvalue weighted by molar-refractivity contribution is 5.94. The normalized spacial score (nSPS) is 9.95. The molecule has 0 aliphatic heterocycles. The Morgan fingerprint density at radius 2 is 1.79 bits per heavy atom. The SMILES string of the molecule is COc1ccccc1COc1ccc(C(=N)N)cc1. The van der Waals surface area contributed by atoms with Crippen molar-refractivity contribution >= 4 is 5.84 Å². The lowest BCUT2D eigenvalue weighted by Gasteiger charge is -2.10. The van der Waals surface area contributed by atoms with Gasteiger partial charge in [0.15, 0.2) is 0 Å². The first-order chi connectivity index (χ1) is 9.20. The molecule has 0 spiro atoms. The minimum absolute atomic E-state index is 0.0521. The smallest absolute Gasteiger partial charge is 0.125 e. The van der Waals surface area contributed by atoms with E-state index in [1.54, 1.807) is 31.4 Å². The average molecular weight is 256 g/mol. The van der Waals surface area contributed by atoms with E-state index in [2.05, 4.69) is 0 Å². The number of nitrogen functional groups attached to an aromatic ring is 1. The number of amidine groups is 1. The van der Waals surface area contributed by atoms with Crippen molar-refractivity contribution in [2.75, 3.05) is 7.11 Å². The number of hydrogen-bond donors (Lipinski definition) is 2. The monoisotopic (exact) mass is 256 g/mol. The van der Waals surface area contributed by atoms with E-state index in [-0.39, 0.29) is 5.84 Å². The fourth-order valence-corrected chi connectivity index (χ4v) is 1.71. The van der Waals surface area contributed by atoms with Crippen LogP contribution in [0.1, 0.15) is 11.1 Å². The minimum atomic E-state index is 0.0521. The van der Waals surface area contributed by atoms with E-state index >= 15 is 0 Å². The number of methoxy groups -OCH3 is 1. The molecule has 0 radical (unpaired) electrons. The molecule has 0 aliphatic rings. The number of para-hydroxylation sites is 1. The number of rotatable bonds is 5. The van der Waals surface area contributed by atoms with Crippen molar-refractivity contribution < 1.29 is 9.47 Å². The molecule has 4 nitrogen and oxygen atoms in total. The Labute approximate surface area is 112 Å². The number of hydrogen-bond acceptors (Lipinski definition) is 3. The summed E-state index contributed by atoms with van der Waals surface area (Å²) in [5, 5.41) is 7.32. The maximum absolute atomic E-state index is 7.32. The highest BCUT2D eigenvalue weighted by Gasteiger charge is 2.03. The highest BCUT2D eigenvalue weighted by Crippen LogP contribution is 2.20. The van der Waals surface area contributed by atoms with E-state index < -0.39 is 0 Å². The van der Waals surface area contributed by atoms with Gasteiger partial charge in [-0.05, 0) is 30.3 Å². The van der Waals surface area contributed by atoms with Gasteiger partial charge in [0.2, 0.25) is 0 Å². The third-order valence-corrected chi connectivity index (χ3v) is 2.75. The Morgan fingerprint density at radius 1 is 1.11 bits per heavy atom. The molecule has 0 atom stereocenters. The van der Waals surface area contributed by atoms with Gasteiger partial charge >= 0.3 is 0 Å². The van der Waals surface area contributed by atoms with Crippen LogP contribution in [-0.2, 0) is 6.61 Å². The maximum Gasteiger partial charge on any atom is 0.125 e. The van der Waals surface area contributed by atoms with Gasteiger partial charge in [-0.15, -0.1) is 0 Å². The average Bonchev–Trinajstić information content (AvgIpc) is 2.45. The largest absolute Gasteiger partial charge is 0.496 e. The fraction of sp³-hybridized carbons (Fsp3) is 0.133. The summed E-state index contributed by atoms with van der Waals surface area (Å²) in [4.78, 5) is 0. The molecule has 98 valence electrons. The van der Waals surface area contributed by atoms with Crippen molar-refractivity contribution in [2.24, 2.45) is 5.73 Å². The predicted molar refractivity (Wildman–Crippen MR) is 74.8 cm³/mol. The van der Waals surface area contributed by atoms with E-state index in [4.69, 9.17) is 20.6 Å². The molecule has 0 heterocycles. The summed E-state index contributed by atoms with van der Waals surface area (Å²) in [5.41, 5.74) is 7.06. The van der Waals surface area contributed by atoms with Gasteiger partial charge in [-0.2, -0.15) is 0 Å². The third kappa shape index (κ3) is 3.25. The second-order valence-corrected chi connectivity index (χ2v) is 4.04. The molecule has 0 bridgehead atoms. The summed E-state index contributed by atoms with van der Waals surface area (Å²) in [7, 11) is 1.64. The molecular weight excluding hydrogens is 240 g/mol. The number of nitrogens with two attached hydrogens (primary N) is 1. The van der Waals surface area contributed by atoms with Crippen molar-refractivity contribution in [1.29, 1.82) is 5.41 Å². The van der Waals surface area contributed by atoms with Gasteiger partial charge in [-0.1, -0.05) is 18.2 Å². The standard InChI is InChI=1S/C15H16N2O2/c1-18-14-5-3-2-4-12(14)10-19-13-8-6-11(7-9-13)15(16)17/h2-9H,10H2,1H3,(H3,16,17). The van der Waals surface area contributed by atoms with E-state index in [1.165, 1.54) is 0 Å². The first-order valence-corrected chi connectivity index (χ1v) is 5.90. The van der Waals surface area contributed by atoms with E-state index in [0.29, 0.717) is 12.2 Å². The van der Waals surface area contributed by atoms with Crippen molar-refractivity contribution in [2.45, 2.75) is 6.61 Å². The first kappa shape index (κ1) is 13.0. The van der Waals surface area contributed by atoms with Crippen LogP contribution < -0.4 is 15.2 Å². The van der Waals surface area contributed by atoms with Crippen LogP contribution in [0.3, 0.4) is 0 Å². The van der Waals surface area contributed by atoms with Crippen LogP contribution in [0.25, 0.3) is 0 Å². The van der Waals surface area contributed by atoms with Gasteiger partial charge in [-0.25, -0.2) is 0 Å². The van der Waals surface area contributed by atoms with Crippen LogP contribution in [0.15, 0.2) is 48.5 Å². The maximum atomic E-state index is 7.32. The lowest BCUT2D eigenvalue weighted by molar-refractivity contribution is 0.296. The number of nitrogens with one attached hydrogen (secondary N) is 1. The summed E-state index contributed by atoms with van der Waals surface area (Å²) in [5.74, 6) is 1.59. The Hall–Kier alpha value is -2.49. The second-order valence-electron chi connectivity index (χ2n) is 4.04. The second kappa shape index (κ2) is 5.91. The Kier molecular flexibility index (Phi) is 4.03. The topological polar surface area (TPSA) is 68.3 Å². The zero-order chi connectivity index (χ0) is 13.7. The lowest BCUT2D eigenvalue weighted by atomic mass is 10.2. The summed E-state index contributed by atoms with van der Waals surface area (Å²) >= 11 is 0. The van der Waals surface area contributed by atoms with Crippen molar-refractivity contribution in [1.82, 2.24) is 0 Å². The zero-order valence-corrected chi connectivity index (χ0v) is 10.7. The van der Waals surface area contributed by atoms with Crippen molar-refractivity contribution in [3.8, 4) is 11.5 Å². The van der Waals surface area contributed by atoms with Crippen LogP contribution in [0.5, 0.6) is 11.5 Å². The van der Waals surface area contributed by atoms with Crippen LogP contribution >= 0.6 is 0 Å². The fourth-order valence-electron chi connectivity index (χ4n) is 1.71. The quantitative estimate of drug-likeness (QED) is 0.638. The van der Waals surface area contributed by atoms with Gasteiger partial charge in [0.25, 0.3) is 0 Å². The molecule has 2 rings (SSSR count). The molecule has 0 aliphatic carbocycles. The predicted octanol–water partition coefficient (Wildman–Crippen LogP) is 2.56. The van der Waals surface area contributed by atoms with Crippen LogP contribution in [-0.4, -0.2) is 12.9 Å². The number of ether oxygens (including phenoxy) is 2. The summed E-state index contributed by atoms with van der Waals surface area (Å²) in [6.07, 6.45) is 0. The molecule has 0 saturated carbocycles. The molecule has 3 N–H and O–H groups in total. The molecule has 4 heteroatoms. The highest BCUT2D eigenvalue weighted by atomic mass is 16.5. The van der Waals surface area contributed by atoms with Crippen LogP contribution in [0, 0.1) is 5.41 Å². The summed E-state index contributed by atoms with van der Waals surface area (Å²) in [6, 6.07) is 14.8. The van der Waals surface area contributed by atoms with E-state index in [1.807, 2.05) is 24.3 Å². The van der Waals surface area contributed by atoms with Crippen molar-refractivity contribution in [3.63, 3.8) is 0 Å². The third-order valence-electron chi connectivity index (χ3n) is 2.75. The molecule has 0 unspecified atom stereocenters. The molecular formula is C15H16N2O2. The first-order valence-electron chi connectivity index (χ1n) is 5.90. The van der Waals surface area contributed by atoms with E-state index in [9.17, 15) is 0 Å². The van der Waals surface area contributed by atoms with Crippen LogP contribution in [0.4, 0.5) is 0 Å². The molecule has 0 amide bonds. The van der Waals surface area contributed by atoms with E-state index in [0.717, 1.165) is 17.1 Å². The van der Waals surface area contributed by atoms with Gasteiger partial charge in [0.05, 0.1) is 7.11 Å². The number of benzene rings is 2. The summed E-state index contributed by atoms with van der Waals surface area (Å²) in [6.45, 7) is 0.434. The Balaban J connectivity index is 2.04. The Bertz CT molecular complexity index is 565. The van der Waals surface area contributed by atoms with Gasteiger partial charge in [-0.3, -0.25) is 5.41 Å². The lowest BCUT2D eigenvalue weighted by Crippen LogP contribution is -2.10. The summed E-state index contributed by atoms with van der Waals surface area (Å²) < 4.78 is 10.9. The Morgan fingerprint density at radius 3 is 2.42 bits per heavy atom. The van der Waals surface area contributed by atoms with Gasteiger partial charge in [0, 0.05) is 11.1 Å². The molecule has 0 saturated heterocycles. The molecule has 0 aromatic heterocycles. The zero-order valence-electron chi connectivity index (χ0n) is 10.7. The molecule has 0 fully saturated rings. The molecule has 19 heavy (non-hydrogen) atoms. The molecule has 2 aromatic carbocycles. The van der Waals surface area contributed by atoms with Crippen molar-refractivity contribution in [3.05, 3.63) is 59.7 Å². The molecule has 2 aromatic rings. The van der Waals surface area contributed by atoms with Gasteiger partial charge in [0.1, 0.15) is 23.9 Å². The van der Waals surface area contributed by atoms with Gasteiger partial charge < -0.3 is 15.2 Å². The minimum Gasteiger partial charge on any atom is -0.496 e. The van der Waals surface area contributed by atoms with Crippen LogP contribution in [0.2, 0.25) is 0 Å².